The van der Waals surface area contributed by atoms with Crippen molar-refractivity contribution in [2.75, 3.05) is 11.1 Å². The number of aromatic nitrogens is 4. The molecule has 0 amide bonds. The van der Waals surface area contributed by atoms with Crippen molar-refractivity contribution in [3.8, 4) is 11.3 Å². The smallest absolute Gasteiger partial charge is 0.141 e. The maximum Gasteiger partial charge on any atom is 0.141 e. The summed E-state index contributed by atoms with van der Waals surface area (Å²) in [6.45, 7) is 0. The first-order valence-electron chi connectivity index (χ1n) is 7.19. The van der Waals surface area contributed by atoms with Gasteiger partial charge in [0, 0.05) is 17.8 Å². The number of nitrogens with zero attached hydrogens (tertiary/aromatic N) is 3. The Morgan fingerprint density at radius 1 is 0.957 bits per heavy atom. The van der Waals surface area contributed by atoms with E-state index >= 15 is 0 Å². The van der Waals surface area contributed by atoms with E-state index in [9.17, 15) is 0 Å². The van der Waals surface area contributed by atoms with Gasteiger partial charge in [0.15, 0.2) is 0 Å². The molecule has 0 saturated heterocycles. The van der Waals surface area contributed by atoms with Gasteiger partial charge in [-0.15, -0.1) is 0 Å². The molecule has 0 fully saturated rings. The standard InChI is InChI=1S/C17H14N6/c18-16-15(13-8-10-20-23-13)11-5-1-2-6-12(11)17(22-16)21-14-7-3-4-9-19-14/h1-10H,(H,20,23)(H3,18,19,21,22). The second-order valence-electron chi connectivity index (χ2n) is 5.07. The third-order valence-corrected chi connectivity index (χ3v) is 3.61. The molecule has 0 aliphatic heterocycles. The van der Waals surface area contributed by atoms with Gasteiger partial charge in [-0.3, -0.25) is 5.10 Å². The zero-order chi connectivity index (χ0) is 15.6. The first kappa shape index (κ1) is 13.3. The van der Waals surface area contributed by atoms with Gasteiger partial charge in [-0.25, -0.2) is 9.97 Å². The van der Waals surface area contributed by atoms with Gasteiger partial charge in [0.2, 0.25) is 0 Å². The van der Waals surface area contributed by atoms with Crippen molar-refractivity contribution in [2.24, 2.45) is 0 Å². The highest BCUT2D eigenvalue weighted by Crippen LogP contribution is 2.35. The van der Waals surface area contributed by atoms with Gasteiger partial charge in [0.25, 0.3) is 0 Å². The van der Waals surface area contributed by atoms with Gasteiger partial charge in [-0.2, -0.15) is 5.10 Å². The number of rotatable bonds is 3. The van der Waals surface area contributed by atoms with Gasteiger partial charge < -0.3 is 11.1 Å². The summed E-state index contributed by atoms with van der Waals surface area (Å²) in [5.41, 5.74) is 7.81. The highest BCUT2D eigenvalue weighted by Gasteiger charge is 2.15. The predicted molar refractivity (Wildman–Crippen MR) is 91.3 cm³/mol. The Morgan fingerprint density at radius 2 is 1.78 bits per heavy atom. The number of H-pyrrole nitrogens is 1. The summed E-state index contributed by atoms with van der Waals surface area (Å²) in [6, 6.07) is 15.5. The molecule has 4 rings (SSSR count). The Labute approximate surface area is 132 Å². The van der Waals surface area contributed by atoms with Gasteiger partial charge in [-0.05, 0) is 23.6 Å². The molecule has 0 saturated carbocycles. The van der Waals surface area contributed by atoms with Crippen LogP contribution < -0.4 is 11.1 Å². The lowest BCUT2D eigenvalue weighted by Gasteiger charge is -2.13. The van der Waals surface area contributed by atoms with Crippen LogP contribution in [-0.4, -0.2) is 20.2 Å². The number of nitrogens with one attached hydrogen (secondary N) is 2. The van der Waals surface area contributed by atoms with Crippen LogP contribution in [0, 0.1) is 0 Å². The van der Waals surface area contributed by atoms with Crippen LogP contribution in [0.3, 0.4) is 0 Å². The zero-order valence-electron chi connectivity index (χ0n) is 12.2. The van der Waals surface area contributed by atoms with Gasteiger partial charge in [0.1, 0.15) is 17.5 Å². The van der Waals surface area contributed by atoms with Gasteiger partial charge in [0.05, 0.1) is 11.3 Å². The van der Waals surface area contributed by atoms with Crippen molar-refractivity contribution in [1.29, 1.82) is 0 Å². The molecule has 0 radical (unpaired) electrons. The zero-order valence-corrected chi connectivity index (χ0v) is 12.2. The fourth-order valence-corrected chi connectivity index (χ4v) is 2.60. The summed E-state index contributed by atoms with van der Waals surface area (Å²) in [6.07, 6.45) is 3.50. The summed E-state index contributed by atoms with van der Waals surface area (Å²) in [7, 11) is 0. The topological polar surface area (TPSA) is 92.5 Å². The van der Waals surface area contributed by atoms with Gasteiger partial charge >= 0.3 is 0 Å². The molecule has 0 atom stereocenters. The molecule has 6 heteroatoms. The van der Waals surface area contributed by atoms with Crippen molar-refractivity contribution in [3.05, 3.63) is 60.9 Å². The highest BCUT2D eigenvalue weighted by molar-refractivity contribution is 6.05. The first-order chi connectivity index (χ1) is 11.3. The van der Waals surface area contributed by atoms with Crippen LogP contribution in [0.25, 0.3) is 22.0 Å². The Kier molecular flexibility index (Phi) is 3.12. The van der Waals surface area contributed by atoms with Gasteiger partial charge in [-0.1, -0.05) is 30.3 Å². The first-order valence-corrected chi connectivity index (χ1v) is 7.19. The summed E-state index contributed by atoms with van der Waals surface area (Å²) >= 11 is 0. The van der Waals surface area contributed by atoms with Crippen molar-refractivity contribution in [2.45, 2.75) is 0 Å². The van der Waals surface area contributed by atoms with Crippen LogP contribution in [0.15, 0.2) is 60.9 Å². The SMILES string of the molecule is Nc1nc(Nc2ccccn2)c2ccccc2c1-c1cc[nH]n1. The third-order valence-electron chi connectivity index (χ3n) is 3.61. The van der Waals surface area contributed by atoms with Crippen molar-refractivity contribution in [1.82, 2.24) is 20.2 Å². The molecule has 3 aromatic heterocycles. The molecule has 4 aromatic rings. The molecule has 0 aliphatic rings. The van der Waals surface area contributed by atoms with E-state index < -0.39 is 0 Å². The second-order valence-corrected chi connectivity index (χ2v) is 5.07. The third kappa shape index (κ3) is 2.36. The number of pyridine rings is 2. The van der Waals surface area contributed by atoms with E-state index in [1.165, 1.54) is 0 Å². The van der Waals surface area contributed by atoms with Crippen LogP contribution in [0.4, 0.5) is 17.5 Å². The largest absolute Gasteiger partial charge is 0.383 e. The Morgan fingerprint density at radius 3 is 2.52 bits per heavy atom. The highest BCUT2D eigenvalue weighted by atomic mass is 15.1. The number of nitrogens with two attached hydrogens (primary N) is 1. The van der Waals surface area contributed by atoms with Crippen molar-refractivity contribution in [3.63, 3.8) is 0 Å². The van der Waals surface area contributed by atoms with E-state index in [0.29, 0.717) is 11.6 Å². The fourth-order valence-electron chi connectivity index (χ4n) is 2.60. The summed E-state index contributed by atoms with van der Waals surface area (Å²) < 4.78 is 0. The molecule has 0 bridgehead atoms. The number of hydrogen-bond acceptors (Lipinski definition) is 5. The predicted octanol–water partition coefficient (Wildman–Crippen LogP) is 3.35. The molecule has 0 spiro atoms. The molecular weight excluding hydrogens is 288 g/mol. The minimum Gasteiger partial charge on any atom is -0.383 e. The Hall–Kier alpha value is -3.41. The van der Waals surface area contributed by atoms with Crippen molar-refractivity contribution >= 4 is 28.2 Å². The van der Waals surface area contributed by atoms with E-state index in [2.05, 4.69) is 25.5 Å². The van der Waals surface area contributed by atoms with Crippen LogP contribution in [-0.2, 0) is 0 Å². The minimum absolute atomic E-state index is 0.425. The Balaban J connectivity index is 1.92. The van der Waals surface area contributed by atoms with E-state index in [1.54, 1.807) is 12.4 Å². The maximum atomic E-state index is 6.21. The van der Waals surface area contributed by atoms with Crippen LogP contribution in [0.5, 0.6) is 0 Å². The summed E-state index contributed by atoms with van der Waals surface area (Å²) in [5, 5.41) is 12.2. The number of benzene rings is 1. The average molecular weight is 302 g/mol. The number of nitrogen functional groups attached to an aromatic ring is 1. The normalized spacial score (nSPS) is 10.8. The molecule has 0 aliphatic carbocycles. The molecule has 6 nitrogen and oxygen atoms in total. The molecule has 1 aromatic carbocycles. The van der Waals surface area contributed by atoms with Crippen molar-refractivity contribution < 1.29 is 0 Å². The monoisotopic (exact) mass is 302 g/mol. The van der Waals surface area contributed by atoms with Crippen LogP contribution >= 0.6 is 0 Å². The van der Waals surface area contributed by atoms with E-state index in [4.69, 9.17) is 5.73 Å². The molecule has 3 heterocycles. The average Bonchev–Trinajstić information content (AvgIpc) is 3.10. The molecular formula is C17H14N6. The fraction of sp³-hybridized carbons (Fsp3) is 0. The molecule has 112 valence electrons. The quantitative estimate of drug-likeness (QED) is 0.539. The lowest BCUT2D eigenvalue weighted by molar-refractivity contribution is 1.10. The number of hydrogen-bond donors (Lipinski definition) is 3. The Bertz CT molecular complexity index is 948. The summed E-state index contributed by atoms with van der Waals surface area (Å²) in [5.74, 6) is 1.82. The maximum absolute atomic E-state index is 6.21. The number of anilines is 3. The molecule has 23 heavy (non-hydrogen) atoms. The number of fused-ring (bicyclic) bond motifs is 1. The molecule has 0 unspecified atom stereocenters. The van der Waals surface area contributed by atoms with Crippen LogP contribution in [0.2, 0.25) is 0 Å². The lowest BCUT2D eigenvalue weighted by atomic mass is 10.0. The minimum atomic E-state index is 0.425. The van der Waals surface area contributed by atoms with E-state index in [0.717, 1.165) is 27.8 Å². The van der Waals surface area contributed by atoms with E-state index in [-0.39, 0.29) is 0 Å². The van der Waals surface area contributed by atoms with E-state index in [1.807, 2.05) is 48.5 Å². The number of aromatic amines is 1. The molecule has 4 N–H and O–H groups in total. The second kappa shape index (κ2) is 5.42. The lowest BCUT2D eigenvalue weighted by Crippen LogP contribution is -2.02. The van der Waals surface area contributed by atoms with Crippen LogP contribution in [0.1, 0.15) is 0 Å². The summed E-state index contributed by atoms with van der Waals surface area (Å²) in [4.78, 5) is 8.80.